The van der Waals surface area contributed by atoms with Crippen molar-refractivity contribution in [3.05, 3.63) is 71.8 Å². The average molecular weight is 414 g/mol. The predicted molar refractivity (Wildman–Crippen MR) is 113 cm³/mol. The zero-order chi connectivity index (χ0) is 21.8. The summed E-state index contributed by atoms with van der Waals surface area (Å²) in [4.78, 5) is 24.1. The summed E-state index contributed by atoms with van der Waals surface area (Å²) >= 11 is 0. The van der Waals surface area contributed by atoms with E-state index >= 15 is 0 Å². The van der Waals surface area contributed by atoms with Crippen LogP contribution in [0, 0.1) is 0 Å². The van der Waals surface area contributed by atoms with Crippen LogP contribution in [-0.4, -0.2) is 36.9 Å². The molecule has 2 aromatic rings. The zero-order valence-electron chi connectivity index (χ0n) is 17.8. The molecular weight excluding hydrogens is 384 g/mol. The molecule has 0 heterocycles. The second-order valence-corrected chi connectivity index (χ2v) is 7.08. The summed E-state index contributed by atoms with van der Waals surface area (Å²) < 4.78 is 21.7. The van der Waals surface area contributed by atoms with Gasteiger partial charge in [-0.25, -0.2) is 9.59 Å². The minimum absolute atomic E-state index is 0.144. The first kappa shape index (κ1) is 23.6. The molecule has 0 bridgehead atoms. The van der Waals surface area contributed by atoms with E-state index in [1.165, 1.54) is 0 Å². The zero-order valence-corrected chi connectivity index (χ0v) is 17.8. The van der Waals surface area contributed by atoms with Crippen molar-refractivity contribution in [1.82, 2.24) is 0 Å². The Morgan fingerprint density at radius 3 is 1.70 bits per heavy atom. The molecule has 2 rings (SSSR count). The summed E-state index contributed by atoms with van der Waals surface area (Å²) in [5.74, 6) is -0.881. The van der Waals surface area contributed by atoms with Crippen LogP contribution in [0.4, 0.5) is 0 Å². The maximum Gasteiger partial charge on any atom is 0.335 e. The SMILES string of the molecule is C[C@H](OCc1ccccc1)C(=O)OCC[C@H](C)OC(=O)[C@H](C)OCc1ccccc1. The molecule has 0 radical (unpaired) electrons. The molecule has 6 heteroatoms. The highest BCUT2D eigenvalue weighted by atomic mass is 16.6. The van der Waals surface area contributed by atoms with E-state index in [2.05, 4.69) is 0 Å². The molecule has 0 unspecified atom stereocenters. The Bertz CT molecular complexity index is 762. The monoisotopic (exact) mass is 414 g/mol. The van der Waals surface area contributed by atoms with Gasteiger partial charge in [0.2, 0.25) is 0 Å². The molecule has 0 aromatic heterocycles. The molecule has 6 nitrogen and oxygen atoms in total. The molecule has 162 valence electrons. The van der Waals surface area contributed by atoms with Gasteiger partial charge in [0.1, 0.15) is 6.10 Å². The van der Waals surface area contributed by atoms with Crippen LogP contribution in [0.2, 0.25) is 0 Å². The van der Waals surface area contributed by atoms with Crippen molar-refractivity contribution in [2.24, 2.45) is 0 Å². The molecule has 0 fully saturated rings. The fourth-order valence-corrected chi connectivity index (χ4v) is 2.52. The van der Waals surface area contributed by atoms with Crippen LogP contribution in [0.5, 0.6) is 0 Å². The second kappa shape index (κ2) is 12.8. The lowest BCUT2D eigenvalue weighted by atomic mass is 10.2. The van der Waals surface area contributed by atoms with Crippen LogP contribution in [-0.2, 0) is 41.8 Å². The number of hydrogen-bond donors (Lipinski definition) is 0. The van der Waals surface area contributed by atoms with Crippen molar-refractivity contribution < 1.29 is 28.5 Å². The molecule has 0 aliphatic carbocycles. The van der Waals surface area contributed by atoms with E-state index in [0.717, 1.165) is 11.1 Å². The van der Waals surface area contributed by atoms with Gasteiger partial charge in [0, 0.05) is 6.42 Å². The Labute approximate surface area is 178 Å². The van der Waals surface area contributed by atoms with Gasteiger partial charge < -0.3 is 18.9 Å². The van der Waals surface area contributed by atoms with Gasteiger partial charge in [-0.3, -0.25) is 0 Å². The van der Waals surface area contributed by atoms with E-state index in [-0.39, 0.29) is 6.61 Å². The van der Waals surface area contributed by atoms with Crippen molar-refractivity contribution in [2.75, 3.05) is 6.61 Å². The van der Waals surface area contributed by atoms with Gasteiger partial charge in [-0.05, 0) is 31.9 Å². The molecule has 0 saturated heterocycles. The third kappa shape index (κ3) is 8.76. The number of benzene rings is 2. The minimum Gasteiger partial charge on any atom is -0.464 e. The topological polar surface area (TPSA) is 71.1 Å². The summed E-state index contributed by atoms with van der Waals surface area (Å²) in [6.07, 6.45) is -1.35. The van der Waals surface area contributed by atoms with E-state index in [4.69, 9.17) is 18.9 Å². The highest BCUT2D eigenvalue weighted by molar-refractivity contribution is 5.74. The fraction of sp³-hybridized carbons (Fsp3) is 0.417. The standard InChI is InChI=1S/C24H30O6/c1-18(30-24(26)20(3)29-17-22-12-8-5-9-13-22)14-15-27-23(25)19(2)28-16-21-10-6-4-7-11-21/h4-13,18-20H,14-17H2,1-3H3/t18-,19-,20-/m0/s1. The van der Waals surface area contributed by atoms with Crippen LogP contribution in [0.25, 0.3) is 0 Å². The molecule has 0 aliphatic heterocycles. The van der Waals surface area contributed by atoms with Crippen LogP contribution < -0.4 is 0 Å². The average Bonchev–Trinajstić information content (AvgIpc) is 2.77. The molecular formula is C24H30O6. The number of esters is 2. The third-order valence-corrected chi connectivity index (χ3v) is 4.44. The summed E-state index contributed by atoms with van der Waals surface area (Å²) in [7, 11) is 0. The van der Waals surface area contributed by atoms with Crippen molar-refractivity contribution in [2.45, 2.75) is 58.7 Å². The largest absolute Gasteiger partial charge is 0.464 e. The lowest BCUT2D eigenvalue weighted by Crippen LogP contribution is -2.28. The number of carbonyl (C=O) groups excluding carboxylic acids is 2. The van der Waals surface area contributed by atoms with E-state index in [1.807, 2.05) is 60.7 Å². The summed E-state index contributed by atoms with van der Waals surface area (Å²) in [6.45, 7) is 5.89. The molecule has 2 aromatic carbocycles. The fourth-order valence-electron chi connectivity index (χ4n) is 2.52. The minimum atomic E-state index is -0.679. The first-order chi connectivity index (χ1) is 14.5. The Balaban J connectivity index is 1.60. The van der Waals surface area contributed by atoms with E-state index in [0.29, 0.717) is 19.6 Å². The predicted octanol–water partition coefficient (Wildman–Crippen LogP) is 4.06. The number of ether oxygens (including phenoxy) is 4. The molecule has 0 spiro atoms. The maximum atomic E-state index is 12.1. The second-order valence-electron chi connectivity index (χ2n) is 7.08. The Hall–Kier alpha value is -2.70. The smallest absolute Gasteiger partial charge is 0.335 e. The molecule has 3 atom stereocenters. The molecule has 0 amide bonds. The van der Waals surface area contributed by atoms with Crippen molar-refractivity contribution in [1.29, 1.82) is 0 Å². The Morgan fingerprint density at radius 2 is 1.20 bits per heavy atom. The lowest BCUT2D eigenvalue weighted by molar-refractivity contribution is -0.164. The van der Waals surface area contributed by atoms with Gasteiger partial charge in [-0.15, -0.1) is 0 Å². The van der Waals surface area contributed by atoms with E-state index in [9.17, 15) is 9.59 Å². The van der Waals surface area contributed by atoms with E-state index < -0.39 is 30.3 Å². The molecule has 0 saturated carbocycles. The number of carbonyl (C=O) groups is 2. The molecule has 0 N–H and O–H groups in total. The normalized spacial score (nSPS) is 13.8. The van der Waals surface area contributed by atoms with Crippen molar-refractivity contribution in [3.63, 3.8) is 0 Å². The lowest BCUT2D eigenvalue weighted by Gasteiger charge is -2.18. The van der Waals surface area contributed by atoms with Gasteiger partial charge in [0.05, 0.1) is 19.8 Å². The Kier molecular flexibility index (Phi) is 10.0. The summed E-state index contributed by atoms with van der Waals surface area (Å²) in [5.41, 5.74) is 1.97. The maximum absolute atomic E-state index is 12.1. The first-order valence-corrected chi connectivity index (χ1v) is 10.1. The van der Waals surface area contributed by atoms with Gasteiger partial charge in [-0.1, -0.05) is 60.7 Å². The Morgan fingerprint density at radius 1 is 0.733 bits per heavy atom. The summed E-state index contributed by atoms with van der Waals surface area (Å²) in [5, 5.41) is 0. The van der Waals surface area contributed by atoms with Gasteiger partial charge in [0.15, 0.2) is 12.2 Å². The van der Waals surface area contributed by atoms with E-state index in [1.54, 1.807) is 20.8 Å². The number of rotatable bonds is 12. The number of hydrogen-bond acceptors (Lipinski definition) is 6. The molecule has 0 aliphatic rings. The summed E-state index contributed by atoms with van der Waals surface area (Å²) in [6, 6.07) is 19.2. The van der Waals surface area contributed by atoms with Gasteiger partial charge in [0.25, 0.3) is 0 Å². The first-order valence-electron chi connectivity index (χ1n) is 10.1. The van der Waals surface area contributed by atoms with Crippen LogP contribution in [0.1, 0.15) is 38.3 Å². The van der Waals surface area contributed by atoms with Crippen molar-refractivity contribution in [3.8, 4) is 0 Å². The highest BCUT2D eigenvalue weighted by Crippen LogP contribution is 2.08. The highest BCUT2D eigenvalue weighted by Gasteiger charge is 2.19. The van der Waals surface area contributed by atoms with Crippen molar-refractivity contribution >= 4 is 11.9 Å². The van der Waals surface area contributed by atoms with Gasteiger partial charge >= 0.3 is 11.9 Å². The van der Waals surface area contributed by atoms with Gasteiger partial charge in [-0.2, -0.15) is 0 Å². The quantitative estimate of drug-likeness (QED) is 0.488. The van der Waals surface area contributed by atoms with Crippen LogP contribution >= 0.6 is 0 Å². The third-order valence-electron chi connectivity index (χ3n) is 4.44. The van der Waals surface area contributed by atoms with Crippen LogP contribution in [0.3, 0.4) is 0 Å². The van der Waals surface area contributed by atoms with Crippen LogP contribution in [0.15, 0.2) is 60.7 Å². The molecule has 30 heavy (non-hydrogen) atoms.